The third-order valence-electron chi connectivity index (χ3n) is 8.21. The van der Waals surface area contributed by atoms with E-state index in [1.165, 1.54) is 17.1 Å². The summed E-state index contributed by atoms with van der Waals surface area (Å²) in [7, 11) is 0. The minimum atomic E-state index is -1.30. The van der Waals surface area contributed by atoms with Crippen LogP contribution in [0.4, 0.5) is 10.6 Å². The van der Waals surface area contributed by atoms with Crippen LogP contribution in [0.5, 0.6) is 0 Å². The van der Waals surface area contributed by atoms with Gasteiger partial charge in [0.15, 0.2) is 5.82 Å². The van der Waals surface area contributed by atoms with E-state index in [2.05, 4.69) is 16.0 Å². The van der Waals surface area contributed by atoms with Crippen LogP contribution in [0.1, 0.15) is 66.1 Å². The van der Waals surface area contributed by atoms with Crippen molar-refractivity contribution in [1.82, 2.24) is 30.1 Å². The second kappa shape index (κ2) is 17.2. The van der Waals surface area contributed by atoms with Gasteiger partial charge in [0, 0.05) is 43.7 Å². The van der Waals surface area contributed by atoms with Gasteiger partial charge in [-0.3, -0.25) is 24.1 Å². The number of fused-ring (bicyclic) bond motifs is 3. The number of hydrogen-bond acceptors (Lipinski definition) is 9. The Balaban J connectivity index is 1.43. The summed E-state index contributed by atoms with van der Waals surface area (Å²) in [5, 5.41) is 18.1. The zero-order valence-corrected chi connectivity index (χ0v) is 29.3. The number of carboxylic acid groups (broad SMARTS) is 1. The fourth-order valence-corrected chi connectivity index (χ4v) is 5.72. The van der Waals surface area contributed by atoms with Gasteiger partial charge in [-0.05, 0) is 45.6 Å². The molecule has 15 heteroatoms. The maximum absolute atomic E-state index is 13.3. The first-order chi connectivity index (χ1) is 23.8. The first-order valence-corrected chi connectivity index (χ1v) is 16.9. The van der Waals surface area contributed by atoms with Crippen molar-refractivity contribution in [3.8, 4) is 0 Å². The van der Waals surface area contributed by atoms with Crippen molar-refractivity contribution in [2.45, 2.75) is 85.1 Å². The van der Waals surface area contributed by atoms with E-state index in [1.807, 2.05) is 49.6 Å². The number of para-hydroxylation sites is 1. The van der Waals surface area contributed by atoms with Crippen molar-refractivity contribution < 1.29 is 38.6 Å². The average Bonchev–Trinajstić information content (AvgIpc) is 3.58. The number of carbonyl (C=O) groups is 5. The molecule has 4 N–H and O–H groups in total. The number of amides is 5. The third kappa shape index (κ3) is 9.85. The lowest BCUT2D eigenvalue weighted by atomic mass is 10.0. The molecule has 1 aromatic carbocycles. The van der Waals surface area contributed by atoms with Crippen molar-refractivity contribution in [3.63, 3.8) is 0 Å². The maximum Gasteiger partial charge on any atom is 0.405 e. The molecule has 5 amide bonds. The van der Waals surface area contributed by atoms with Gasteiger partial charge in [-0.25, -0.2) is 14.8 Å². The van der Waals surface area contributed by atoms with Gasteiger partial charge in [0.25, 0.3) is 11.8 Å². The van der Waals surface area contributed by atoms with E-state index in [4.69, 9.17) is 19.4 Å². The number of unbranched alkanes of at least 4 members (excludes halogenated alkanes) is 2. The second-order valence-electron chi connectivity index (χ2n) is 13.0. The summed E-state index contributed by atoms with van der Waals surface area (Å²) in [6, 6.07) is 6.48. The van der Waals surface area contributed by atoms with Crippen LogP contribution in [0.2, 0.25) is 0 Å². The highest BCUT2D eigenvalue weighted by molar-refractivity contribution is 6.13. The molecule has 0 radical (unpaired) electrons. The van der Waals surface area contributed by atoms with E-state index in [0.29, 0.717) is 74.3 Å². The van der Waals surface area contributed by atoms with Crippen molar-refractivity contribution in [1.29, 1.82) is 0 Å². The molecule has 0 aliphatic carbocycles. The van der Waals surface area contributed by atoms with Crippen LogP contribution in [-0.2, 0) is 41.8 Å². The third-order valence-corrected chi connectivity index (χ3v) is 8.21. The number of hydrogen-bond donors (Lipinski definition) is 4. The molecular weight excluding hydrogens is 646 g/mol. The molecule has 4 rings (SSSR count). The smallest absolute Gasteiger partial charge is 0.405 e. The van der Waals surface area contributed by atoms with E-state index < -0.39 is 23.6 Å². The summed E-state index contributed by atoms with van der Waals surface area (Å²) < 4.78 is 14.0. The van der Waals surface area contributed by atoms with Gasteiger partial charge in [0.05, 0.1) is 29.8 Å². The predicted octanol–water partition coefficient (Wildman–Crippen LogP) is 3.75. The number of ether oxygens (including phenoxy) is 2. The van der Waals surface area contributed by atoms with Gasteiger partial charge in [-0.2, -0.15) is 0 Å². The predicted molar refractivity (Wildman–Crippen MR) is 186 cm³/mol. The number of anilines is 1. The molecule has 2 aromatic heterocycles. The van der Waals surface area contributed by atoms with Gasteiger partial charge in [0.1, 0.15) is 24.0 Å². The Morgan fingerprint density at radius 1 is 1.02 bits per heavy atom. The zero-order valence-electron chi connectivity index (χ0n) is 29.3. The minimum Gasteiger partial charge on any atom is -0.465 e. The highest BCUT2D eigenvalue weighted by Gasteiger charge is 2.29. The summed E-state index contributed by atoms with van der Waals surface area (Å²) in [5.41, 5.74) is 1.04. The maximum atomic E-state index is 13.3. The topological polar surface area (TPSA) is 194 Å². The molecule has 0 fully saturated rings. The second-order valence-corrected chi connectivity index (χ2v) is 13.0. The van der Waals surface area contributed by atoms with Crippen LogP contribution in [-0.4, -0.2) is 92.2 Å². The Hall–Kier alpha value is -4.89. The zero-order chi connectivity index (χ0) is 36.4. The Labute approximate surface area is 290 Å². The van der Waals surface area contributed by atoms with Gasteiger partial charge in [-0.15, -0.1) is 0 Å². The number of aromatic nitrogens is 3. The molecule has 270 valence electrons. The number of pyridine rings is 1. The number of imidazole rings is 1. The molecule has 1 atom stereocenters. The number of imide groups is 1. The molecule has 50 heavy (non-hydrogen) atoms. The SMILES string of the molecule is CCOCc1nc2c(NC(=O)[C@@H](NC(=O)O)C(C)C)nc3ccccc3c2n1CC(C)(C)OCCNC(=O)CCCCCN1C(=O)C=CC1=O. The first-order valence-electron chi connectivity index (χ1n) is 16.9. The molecule has 0 spiro atoms. The molecule has 0 saturated carbocycles. The summed E-state index contributed by atoms with van der Waals surface area (Å²) in [4.78, 5) is 71.2. The van der Waals surface area contributed by atoms with Gasteiger partial charge in [0.2, 0.25) is 11.8 Å². The standard InChI is InChI=1S/C35H47N7O8/c1-6-49-20-25-38-30-31(23-12-9-10-13-24(23)37-32(30)40-33(46)29(22(2)3)39-34(47)48)42(25)21-35(4,5)50-19-17-36-26(43)14-8-7-11-18-41-27(44)15-16-28(41)45/h9-10,12-13,15-16,22,29,39H,6-8,11,14,17-21H2,1-5H3,(H,36,43)(H,47,48)(H,37,40,46)/t29-/m0/s1. The minimum absolute atomic E-state index is 0.104. The first kappa shape index (κ1) is 37.9. The molecule has 1 aliphatic heterocycles. The fraction of sp³-hybridized carbons (Fsp3) is 0.514. The van der Waals surface area contributed by atoms with Crippen molar-refractivity contribution in [2.24, 2.45) is 5.92 Å². The van der Waals surface area contributed by atoms with Crippen LogP contribution in [0.3, 0.4) is 0 Å². The van der Waals surface area contributed by atoms with Crippen LogP contribution < -0.4 is 16.0 Å². The lowest BCUT2D eigenvalue weighted by Crippen LogP contribution is -2.46. The summed E-state index contributed by atoms with van der Waals surface area (Å²) in [5.74, 6) is -0.769. The van der Waals surface area contributed by atoms with Crippen LogP contribution in [0, 0.1) is 5.92 Å². The molecule has 3 aromatic rings. The Bertz CT molecular complexity index is 1730. The van der Waals surface area contributed by atoms with Gasteiger partial charge < -0.3 is 35.1 Å². The van der Waals surface area contributed by atoms with E-state index in [1.54, 1.807) is 13.8 Å². The fourth-order valence-electron chi connectivity index (χ4n) is 5.72. The molecule has 1 aliphatic rings. The van der Waals surface area contributed by atoms with Gasteiger partial charge >= 0.3 is 6.09 Å². The number of rotatable bonds is 19. The number of nitrogens with zero attached hydrogens (tertiary/aromatic N) is 4. The van der Waals surface area contributed by atoms with E-state index in [0.717, 1.165) is 5.39 Å². The van der Waals surface area contributed by atoms with Gasteiger partial charge in [-0.1, -0.05) is 38.5 Å². The Kier molecular flexibility index (Phi) is 13.0. The molecule has 0 saturated heterocycles. The molecule has 3 heterocycles. The molecule has 0 bridgehead atoms. The van der Waals surface area contributed by atoms with Crippen molar-refractivity contribution >= 4 is 57.5 Å². The molecule has 0 unspecified atom stereocenters. The molecule has 15 nitrogen and oxygen atoms in total. The lowest BCUT2D eigenvalue weighted by molar-refractivity contribution is -0.137. The normalized spacial score (nSPS) is 13.8. The quantitative estimate of drug-likeness (QED) is 0.106. The van der Waals surface area contributed by atoms with Crippen molar-refractivity contribution in [3.05, 3.63) is 42.2 Å². The monoisotopic (exact) mass is 693 g/mol. The number of benzene rings is 1. The van der Waals surface area contributed by atoms with Crippen LogP contribution in [0.15, 0.2) is 36.4 Å². The number of carbonyl (C=O) groups excluding carboxylic acids is 4. The Morgan fingerprint density at radius 3 is 2.42 bits per heavy atom. The molecular formula is C35H47N7O8. The summed E-state index contributed by atoms with van der Waals surface area (Å²) in [6.07, 6.45) is 3.54. The van der Waals surface area contributed by atoms with E-state index in [9.17, 15) is 29.1 Å². The highest BCUT2D eigenvalue weighted by atomic mass is 16.5. The largest absolute Gasteiger partial charge is 0.465 e. The van der Waals surface area contributed by atoms with Crippen LogP contribution >= 0.6 is 0 Å². The summed E-state index contributed by atoms with van der Waals surface area (Å²) >= 11 is 0. The van der Waals surface area contributed by atoms with Crippen molar-refractivity contribution in [2.75, 3.05) is 31.6 Å². The average molecular weight is 694 g/mol. The highest BCUT2D eigenvalue weighted by Crippen LogP contribution is 2.32. The van der Waals surface area contributed by atoms with E-state index in [-0.39, 0.29) is 42.7 Å². The lowest BCUT2D eigenvalue weighted by Gasteiger charge is -2.27. The van der Waals surface area contributed by atoms with E-state index >= 15 is 0 Å². The van der Waals surface area contributed by atoms with Crippen LogP contribution in [0.25, 0.3) is 21.9 Å². The number of nitrogens with one attached hydrogen (secondary N) is 3. The summed E-state index contributed by atoms with van der Waals surface area (Å²) in [6.45, 7) is 11.2. The Morgan fingerprint density at radius 2 is 1.74 bits per heavy atom.